The number of Topliss-reactive ketones (excluding diaryl/α,β-unsaturated/α-hetero) is 2. The number of hydrogen-bond acceptors (Lipinski definition) is 6. The van der Waals surface area contributed by atoms with Crippen LogP contribution in [0.2, 0.25) is 0 Å². The number of benzene rings is 2. The third-order valence-electron chi connectivity index (χ3n) is 7.49. The van der Waals surface area contributed by atoms with Crippen LogP contribution in [0.1, 0.15) is 55.6 Å². The van der Waals surface area contributed by atoms with Crippen molar-refractivity contribution in [2.24, 2.45) is 0 Å². The summed E-state index contributed by atoms with van der Waals surface area (Å²) in [6, 6.07) is 9.94. The van der Waals surface area contributed by atoms with Gasteiger partial charge in [0.05, 0.1) is 18.2 Å². The van der Waals surface area contributed by atoms with Gasteiger partial charge in [-0.2, -0.15) is 0 Å². The van der Waals surface area contributed by atoms with E-state index in [0.29, 0.717) is 42.0 Å². The first-order valence-corrected chi connectivity index (χ1v) is 13.8. The zero-order chi connectivity index (χ0) is 26.8. The van der Waals surface area contributed by atoms with E-state index in [9.17, 15) is 14.0 Å². The van der Waals surface area contributed by atoms with E-state index >= 15 is 0 Å². The summed E-state index contributed by atoms with van der Waals surface area (Å²) >= 11 is 3.65. The van der Waals surface area contributed by atoms with Gasteiger partial charge in [-0.15, -0.1) is 0 Å². The van der Waals surface area contributed by atoms with Gasteiger partial charge in [0.15, 0.2) is 23.1 Å². The summed E-state index contributed by atoms with van der Waals surface area (Å²) in [7, 11) is 3.23. The van der Waals surface area contributed by atoms with Crippen molar-refractivity contribution in [1.29, 1.82) is 0 Å². The number of ketones is 2. The zero-order valence-electron chi connectivity index (χ0n) is 21.6. The molecule has 0 saturated heterocycles. The molecule has 5 rings (SSSR count). The van der Waals surface area contributed by atoms with Crippen molar-refractivity contribution in [2.75, 3.05) is 27.4 Å². The minimum atomic E-state index is -0.448. The lowest BCUT2D eigenvalue weighted by atomic mass is 9.71. The number of ether oxygens (including phenoxy) is 3. The maximum Gasteiger partial charge on any atom is 0.175 e. The lowest BCUT2D eigenvalue weighted by Gasteiger charge is -2.44. The van der Waals surface area contributed by atoms with Gasteiger partial charge in [-0.05, 0) is 77.0 Å². The van der Waals surface area contributed by atoms with Gasteiger partial charge in [-0.1, -0.05) is 12.1 Å². The lowest BCUT2D eigenvalue weighted by Crippen LogP contribution is -2.40. The first-order chi connectivity index (χ1) is 18.4. The van der Waals surface area contributed by atoms with Crippen LogP contribution >= 0.6 is 15.9 Å². The Morgan fingerprint density at radius 3 is 2.16 bits per heavy atom. The molecule has 0 amide bonds. The fourth-order valence-electron chi connectivity index (χ4n) is 5.78. The molecule has 0 aromatic heterocycles. The molecule has 0 saturated carbocycles. The molecule has 0 N–H and O–H groups in total. The van der Waals surface area contributed by atoms with Crippen LogP contribution < -0.4 is 9.47 Å². The molecule has 0 bridgehead atoms. The van der Waals surface area contributed by atoms with Crippen LogP contribution in [0.15, 0.2) is 63.4 Å². The number of rotatable bonds is 8. The summed E-state index contributed by atoms with van der Waals surface area (Å²) in [5.74, 6) is 0.434. The number of halogens is 2. The number of carbonyl (C=O) groups is 2. The smallest absolute Gasteiger partial charge is 0.175 e. The van der Waals surface area contributed by atoms with Crippen LogP contribution in [-0.2, 0) is 20.9 Å². The standard InChI is InChI=1S/C30H31BrFNO5/c1-36-14-13-33-22-5-3-7-24(34)28(22)27(29-23(33)6-4-8-25(29)35)19-15-21(31)30(26(16-19)37-2)38-17-18-9-11-20(32)12-10-18/h9-12,15-16,27H,3-8,13-14,17H2,1-2H3. The predicted octanol–water partition coefficient (Wildman–Crippen LogP) is 6.24. The summed E-state index contributed by atoms with van der Waals surface area (Å²) in [4.78, 5) is 29.1. The molecule has 8 heteroatoms. The van der Waals surface area contributed by atoms with Crippen LogP contribution in [0.5, 0.6) is 11.5 Å². The molecule has 0 unspecified atom stereocenters. The van der Waals surface area contributed by atoms with E-state index in [2.05, 4.69) is 20.8 Å². The van der Waals surface area contributed by atoms with Gasteiger partial charge in [-0.25, -0.2) is 4.39 Å². The molecule has 2 aromatic carbocycles. The predicted molar refractivity (Wildman–Crippen MR) is 145 cm³/mol. The van der Waals surface area contributed by atoms with E-state index < -0.39 is 5.92 Å². The topological polar surface area (TPSA) is 65.1 Å². The molecule has 0 fully saturated rings. The third-order valence-corrected chi connectivity index (χ3v) is 8.08. The second kappa shape index (κ2) is 11.4. The van der Waals surface area contributed by atoms with E-state index in [4.69, 9.17) is 14.2 Å². The Labute approximate surface area is 230 Å². The summed E-state index contributed by atoms with van der Waals surface area (Å²) in [6.45, 7) is 1.36. The molecular formula is C30H31BrFNO5. The molecule has 0 atom stereocenters. The second-order valence-corrected chi connectivity index (χ2v) is 10.7. The van der Waals surface area contributed by atoms with Crippen molar-refractivity contribution in [3.8, 4) is 11.5 Å². The van der Waals surface area contributed by atoms with Crippen molar-refractivity contribution >= 4 is 27.5 Å². The molecule has 1 aliphatic heterocycles. The number of methoxy groups -OCH3 is 2. The Morgan fingerprint density at radius 1 is 0.947 bits per heavy atom. The van der Waals surface area contributed by atoms with Gasteiger partial charge < -0.3 is 19.1 Å². The van der Waals surface area contributed by atoms with Crippen molar-refractivity contribution < 1.29 is 28.2 Å². The van der Waals surface area contributed by atoms with Gasteiger partial charge >= 0.3 is 0 Å². The van der Waals surface area contributed by atoms with Crippen LogP contribution in [0.4, 0.5) is 4.39 Å². The van der Waals surface area contributed by atoms with Crippen molar-refractivity contribution in [1.82, 2.24) is 4.90 Å². The zero-order valence-corrected chi connectivity index (χ0v) is 23.2. The molecule has 0 radical (unpaired) electrons. The van der Waals surface area contributed by atoms with E-state index in [1.54, 1.807) is 26.4 Å². The highest BCUT2D eigenvalue weighted by Gasteiger charge is 2.43. The summed E-state index contributed by atoms with van der Waals surface area (Å²) in [5.41, 5.74) is 5.11. The Balaban J connectivity index is 1.58. The highest BCUT2D eigenvalue weighted by atomic mass is 79.9. The first kappa shape index (κ1) is 26.6. The normalized spacial score (nSPS) is 18.1. The quantitative estimate of drug-likeness (QED) is 0.367. The number of allylic oxidation sites excluding steroid dienone is 4. The minimum Gasteiger partial charge on any atom is -0.493 e. The number of nitrogens with zero attached hydrogens (tertiary/aromatic N) is 1. The molecule has 6 nitrogen and oxygen atoms in total. The molecule has 0 spiro atoms. The number of hydrogen-bond donors (Lipinski definition) is 0. The van der Waals surface area contributed by atoms with Crippen molar-refractivity contribution in [3.05, 3.63) is 80.4 Å². The second-order valence-electron chi connectivity index (χ2n) is 9.80. The Hall–Kier alpha value is -2.97. The first-order valence-electron chi connectivity index (χ1n) is 13.0. The van der Waals surface area contributed by atoms with Crippen LogP contribution in [0.3, 0.4) is 0 Å². The van der Waals surface area contributed by atoms with Gasteiger partial charge in [0.25, 0.3) is 0 Å². The highest BCUT2D eigenvalue weighted by molar-refractivity contribution is 9.10. The van der Waals surface area contributed by atoms with Gasteiger partial charge in [-0.3, -0.25) is 9.59 Å². The fourth-order valence-corrected chi connectivity index (χ4v) is 6.36. The largest absolute Gasteiger partial charge is 0.493 e. The van der Waals surface area contributed by atoms with Gasteiger partial charge in [0.2, 0.25) is 0 Å². The van der Waals surface area contributed by atoms with E-state index in [0.717, 1.165) is 59.4 Å². The molecule has 2 aliphatic carbocycles. The molecule has 38 heavy (non-hydrogen) atoms. The van der Waals surface area contributed by atoms with Crippen LogP contribution in [0, 0.1) is 5.82 Å². The average molecular weight is 584 g/mol. The Kier molecular flexibility index (Phi) is 8.00. The van der Waals surface area contributed by atoms with Crippen molar-refractivity contribution in [2.45, 2.75) is 51.0 Å². The SMILES string of the molecule is COCCN1C2=C(C(=O)CCC2)C(c2cc(Br)c(OCc3ccc(F)cc3)c(OC)c2)C2=C1CCCC2=O. The van der Waals surface area contributed by atoms with Crippen LogP contribution in [-0.4, -0.2) is 43.8 Å². The van der Waals surface area contributed by atoms with E-state index in [-0.39, 0.29) is 24.0 Å². The lowest BCUT2D eigenvalue weighted by molar-refractivity contribution is -0.117. The Bertz CT molecular complexity index is 1270. The van der Waals surface area contributed by atoms with Crippen LogP contribution in [0.25, 0.3) is 0 Å². The van der Waals surface area contributed by atoms with E-state index in [1.165, 1.54) is 12.1 Å². The fraction of sp³-hybridized carbons (Fsp3) is 0.400. The average Bonchev–Trinajstić information content (AvgIpc) is 2.91. The highest BCUT2D eigenvalue weighted by Crippen LogP contribution is 2.51. The number of carbonyl (C=O) groups excluding carboxylic acids is 2. The molecule has 3 aliphatic rings. The minimum absolute atomic E-state index is 0.0929. The van der Waals surface area contributed by atoms with Gasteiger partial charge in [0, 0.05) is 55.0 Å². The van der Waals surface area contributed by atoms with E-state index in [1.807, 2.05) is 12.1 Å². The van der Waals surface area contributed by atoms with Gasteiger partial charge in [0.1, 0.15) is 12.4 Å². The molecule has 2 aromatic rings. The Morgan fingerprint density at radius 2 is 1.58 bits per heavy atom. The monoisotopic (exact) mass is 583 g/mol. The molecule has 200 valence electrons. The molecular weight excluding hydrogens is 553 g/mol. The molecule has 1 heterocycles. The third kappa shape index (κ3) is 5.04. The summed E-state index contributed by atoms with van der Waals surface area (Å²) in [5, 5.41) is 0. The maximum absolute atomic E-state index is 13.5. The maximum atomic E-state index is 13.5. The summed E-state index contributed by atoms with van der Waals surface area (Å²) in [6.07, 6.45) is 4.14. The van der Waals surface area contributed by atoms with Crippen molar-refractivity contribution in [3.63, 3.8) is 0 Å². The summed E-state index contributed by atoms with van der Waals surface area (Å²) < 4.78 is 31.1.